The van der Waals surface area contributed by atoms with E-state index in [9.17, 15) is 4.21 Å². The Morgan fingerprint density at radius 3 is 2.85 bits per heavy atom. The van der Waals surface area contributed by atoms with Crippen LogP contribution in [0.5, 0.6) is 0 Å². The molecule has 1 aromatic rings. The monoisotopic (exact) mass is 197 g/mol. The maximum atomic E-state index is 11.8. The van der Waals surface area contributed by atoms with Gasteiger partial charge in [0.2, 0.25) is 5.16 Å². The van der Waals surface area contributed by atoms with Crippen molar-refractivity contribution in [1.29, 1.82) is 0 Å². The Kier molecular flexibility index (Phi) is 2.65. The zero-order chi connectivity index (χ0) is 9.10. The molecule has 70 valence electrons. The van der Waals surface area contributed by atoms with Crippen molar-refractivity contribution in [1.82, 2.24) is 15.3 Å². The first-order chi connectivity index (χ1) is 6.38. The number of aromatic nitrogens is 2. The molecule has 5 heteroatoms. The van der Waals surface area contributed by atoms with Gasteiger partial charge in [0.15, 0.2) is 0 Å². The Labute approximate surface area is 79.2 Å². The zero-order valence-corrected chi connectivity index (χ0v) is 7.96. The average Bonchev–Trinajstić information content (AvgIpc) is 2.71. The highest BCUT2D eigenvalue weighted by molar-refractivity contribution is 7.85. The molecule has 1 saturated heterocycles. The Morgan fingerprint density at radius 2 is 2.23 bits per heavy atom. The molecule has 1 aromatic heterocycles. The van der Waals surface area contributed by atoms with Crippen LogP contribution in [0.25, 0.3) is 0 Å². The molecule has 2 atom stereocenters. The van der Waals surface area contributed by atoms with Crippen LogP contribution in [0, 0.1) is 0 Å². The van der Waals surface area contributed by atoms with Crippen LogP contribution in [-0.4, -0.2) is 32.5 Å². The molecule has 13 heavy (non-hydrogen) atoms. The lowest BCUT2D eigenvalue weighted by Gasteiger charge is -2.05. The van der Waals surface area contributed by atoms with E-state index in [0.717, 1.165) is 19.5 Å². The molecular weight excluding hydrogens is 186 g/mol. The van der Waals surface area contributed by atoms with E-state index in [1.165, 1.54) is 0 Å². The van der Waals surface area contributed by atoms with Gasteiger partial charge < -0.3 is 5.32 Å². The van der Waals surface area contributed by atoms with E-state index < -0.39 is 10.8 Å². The smallest absolute Gasteiger partial charge is 0.218 e. The lowest BCUT2D eigenvalue weighted by atomic mass is 10.4. The maximum Gasteiger partial charge on any atom is 0.218 e. The van der Waals surface area contributed by atoms with Crippen molar-refractivity contribution in [2.24, 2.45) is 0 Å². The predicted octanol–water partition coefficient (Wildman–Crippen LogP) is -0.0539. The molecule has 1 fully saturated rings. The fraction of sp³-hybridized carbons (Fsp3) is 0.500. The summed E-state index contributed by atoms with van der Waals surface area (Å²) < 4.78 is 11.8. The number of nitrogens with zero attached hydrogens (tertiary/aromatic N) is 2. The second kappa shape index (κ2) is 3.93. The SMILES string of the molecule is O=[S@@](c1ncccn1)[C@@H]1CCNC1. The van der Waals surface area contributed by atoms with Crippen LogP contribution in [-0.2, 0) is 10.8 Å². The van der Waals surface area contributed by atoms with Gasteiger partial charge in [-0.2, -0.15) is 0 Å². The second-order valence-electron chi connectivity index (χ2n) is 2.94. The summed E-state index contributed by atoms with van der Waals surface area (Å²) in [4.78, 5) is 7.97. The largest absolute Gasteiger partial charge is 0.315 e. The van der Waals surface area contributed by atoms with E-state index in [0.29, 0.717) is 5.16 Å². The van der Waals surface area contributed by atoms with Crippen LogP contribution >= 0.6 is 0 Å². The first-order valence-corrected chi connectivity index (χ1v) is 5.47. The predicted molar refractivity (Wildman–Crippen MR) is 49.7 cm³/mol. The first kappa shape index (κ1) is 8.77. The van der Waals surface area contributed by atoms with Gasteiger partial charge in [-0.25, -0.2) is 9.97 Å². The minimum Gasteiger partial charge on any atom is -0.315 e. The van der Waals surface area contributed by atoms with Gasteiger partial charge in [-0.15, -0.1) is 0 Å². The highest BCUT2D eigenvalue weighted by Crippen LogP contribution is 2.11. The van der Waals surface area contributed by atoms with Gasteiger partial charge in [0.1, 0.15) is 0 Å². The van der Waals surface area contributed by atoms with Crippen LogP contribution in [0.2, 0.25) is 0 Å². The number of hydrogen-bond acceptors (Lipinski definition) is 4. The average molecular weight is 197 g/mol. The quantitative estimate of drug-likeness (QED) is 0.675. The molecule has 1 aliphatic heterocycles. The van der Waals surface area contributed by atoms with Crippen molar-refractivity contribution in [2.45, 2.75) is 16.8 Å². The Hall–Kier alpha value is -0.810. The molecule has 0 bridgehead atoms. The third kappa shape index (κ3) is 1.92. The van der Waals surface area contributed by atoms with Crippen molar-refractivity contribution in [3.8, 4) is 0 Å². The third-order valence-electron chi connectivity index (χ3n) is 2.04. The summed E-state index contributed by atoms with van der Waals surface area (Å²) in [5.74, 6) is 0. The standard InChI is InChI=1S/C8H11N3OS/c12-13(7-2-5-9-6-7)8-10-3-1-4-11-8/h1,3-4,7,9H,2,5-6H2/t7-,13-/m1/s1. The fourth-order valence-corrected chi connectivity index (χ4v) is 2.58. The summed E-state index contributed by atoms with van der Waals surface area (Å²) in [6, 6.07) is 1.73. The molecular formula is C8H11N3OS. The molecule has 0 aliphatic carbocycles. The van der Waals surface area contributed by atoms with E-state index in [-0.39, 0.29) is 5.25 Å². The highest BCUT2D eigenvalue weighted by Gasteiger charge is 2.23. The summed E-state index contributed by atoms with van der Waals surface area (Å²) >= 11 is 0. The zero-order valence-electron chi connectivity index (χ0n) is 7.14. The third-order valence-corrected chi connectivity index (χ3v) is 3.62. The van der Waals surface area contributed by atoms with Crippen molar-refractivity contribution >= 4 is 10.8 Å². The van der Waals surface area contributed by atoms with Gasteiger partial charge in [-0.3, -0.25) is 4.21 Å². The molecule has 0 aromatic carbocycles. The lowest BCUT2D eigenvalue weighted by molar-refractivity contribution is 0.664. The van der Waals surface area contributed by atoms with E-state index in [2.05, 4.69) is 15.3 Å². The maximum absolute atomic E-state index is 11.8. The van der Waals surface area contributed by atoms with Gasteiger partial charge in [-0.05, 0) is 19.0 Å². The Balaban J connectivity index is 2.13. The van der Waals surface area contributed by atoms with Crippen LogP contribution in [0.1, 0.15) is 6.42 Å². The normalized spacial score (nSPS) is 24.5. The van der Waals surface area contributed by atoms with Crippen LogP contribution in [0.3, 0.4) is 0 Å². The van der Waals surface area contributed by atoms with E-state index >= 15 is 0 Å². The minimum atomic E-state index is -1.04. The van der Waals surface area contributed by atoms with Crippen LogP contribution in [0.15, 0.2) is 23.6 Å². The van der Waals surface area contributed by atoms with Crippen molar-refractivity contribution in [3.05, 3.63) is 18.5 Å². The van der Waals surface area contributed by atoms with Gasteiger partial charge in [0.25, 0.3) is 0 Å². The minimum absolute atomic E-state index is 0.183. The van der Waals surface area contributed by atoms with Crippen molar-refractivity contribution < 1.29 is 4.21 Å². The fourth-order valence-electron chi connectivity index (χ4n) is 1.35. The molecule has 0 radical (unpaired) electrons. The van der Waals surface area contributed by atoms with Crippen LogP contribution in [0.4, 0.5) is 0 Å². The summed E-state index contributed by atoms with van der Waals surface area (Å²) in [6.07, 6.45) is 4.20. The first-order valence-electron chi connectivity index (χ1n) is 4.26. The van der Waals surface area contributed by atoms with E-state index in [4.69, 9.17) is 0 Å². The molecule has 2 heterocycles. The topological polar surface area (TPSA) is 54.9 Å². The number of nitrogens with one attached hydrogen (secondary N) is 1. The summed E-state index contributed by atoms with van der Waals surface area (Å²) in [5, 5.41) is 3.81. The van der Waals surface area contributed by atoms with Gasteiger partial charge in [0.05, 0.1) is 16.0 Å². The van der Waals surface area contributed by atoms with E-state index in [1.54, 1.807) is 18.5 Å². The molecule has 0 saturated carbocycles. The van der Waals surface area contributed by atoms with E-state index in [1.807, 2.05) is 0 Å². The molecule has 2 rings (SSSR count). The number of rotatable bonds is 2. The summed E-state index contributed by atoms with van der Waals surface area (Å²) in [6.45, 7) is 1.76. The van der Waals surface area contributed by atoms with Gasteiger partial charge >= 0.3 is 0 Å². The Morgan fingerprint density at radius 1 is 1.46 bits per heavy atom. The van der Waals surface area contributed by atoms with Crippen molar-refractivity contribution in [3.63, 3.8) is 0 Å². The summed E-state index contributed by atoms with van der Waals surface area (Å²) in [5.41, 5.74) is 0. The highest BCUT2D eigenvalue weighted by atomic mass is 32.2. The molecule has 1 N–H and O–H groups in total. The number of hydrogen-bond donors (Lipinski definition) is 1. The molecule has 0 amide bonds. The molecule has 4 nitrogen and oxygen atoms in total. The van der Waals surface area contributed by atoms with Gasteiger partial charge in [0, 0.05) is 18.9 Å². The van der Waals surface area contributed by atoms with Gasteiger partial charge in [-0.1, -0.05) is 0 Å². The van der Waals surface area contributed by atoms with Crippen LogP contribution < -0.4 is 5.32 Å². The second-order valence-corrected chi connectivity index (χ2v) is 4.57. The molecule has 1 aliphatic rings. The lowest BCUT2D eigenvalue weighted by Crippen LogP contribution is -2.20. The summed E-state index contributed by atoms with van der Waals surface area (Å²) in [7, 11) is -1.04. The van der Waals surface area contributed by atoms with Crippen molar-refractivity contribution in [2.75, 3.05) is 13.1 Å². The molecule has 0 unspecified atom stereocenters. The Bertz CT molecular complexity index is 298. The molecule has 0 spiro atoms.